The van der Waals surface area contributed by atoms with E-state index in [0.29, 0.717) is 17.5 Å². The van der Waals surface area contributed by atoms with Crippen molar-refractivity contribution < 1.29 is 4.79 Å². The summed E-state index contributed by atoms with van der Waals surface area (Å²) in [5, 5.41) is 3.55. The number of benzene rings is 1. The summed E-state index contributed by atoms with van der Waals surface area (Å²) in [5.41, 5.74) is 6.44. The number of likely N-dealkylation sites (tertiary alicyclic amines) is 1. The molecule has 104 valence electrons. The number of hydrogen-bond donors (Lipinski definition) is 2. The van der Waals surface area contributed by atoms with E-state index in [0.717, 1.165) is 38.2 Å². The number of nitrogens with one attached hydrogen (secondary N) is 1. The van der Waals surface area contributed by atoms with E-state index < -0.39 is 0 Å². The molecule has 0 radical (unpaired) electrons. The highest BCUT2D eigenvalue weighted by Crippen LogP contribution is 2.16. The number of anilines is 1. The monoisotopic (exact) mass is 281 g/mol. The first-order valence-electron chi connectivity index (χ1n) is 6.65. The number of nitrogens with zero attached hydrogens (tertiary/aromatic N) is 1. The van der Waals surface area contributed by atoms with Gasteiger partial charge in [0.15, 0.2) is 0 Å². The number of piperidine rings is 1. The van der Waals surface area contributed by atoms with Gasteiger partial charge in [0.2, 0.25) is 5.91 Å². The minimum atomic E-state index is 0.0218. The molecule has 0 bridgehead atoms. The lowest BCUT2D eigenvalue weighted by Crippen LogP contribution is -2.40. The Hall–Kier alpha value is -1.10. The molecule has 1 aliphatic rings. The molecule has 1 fully saturated rings. The van der Waals surface area contributed by atoms with E-state index in [9.17, 15) is 4.79 Å². The van der Waals surface area contributed by atoms with Gasteiger partial charge in [0.25, 0.3) is 0 Å². The largest absolute Gasteiger partial charge is 0.330 e. The lowest BCUT2D eigenvalue weighted by Gasteiger charge is -2.30. The van der Waals surface area contributed by atoms with Crippen molar-refractivity contribution in [1.29, 1.82) is 0 Å². The Bertz CT molecular complexity index is 413. The Kier molecular flexibility index (Phi) is 5.19. The van der Waals surface area contributed by atoms with Crippen LogP contribution >= 0.6 is 11.6 Å². The first kappa shape index (κ1) is 14.3. The molecule has 0 unspecified atom stereocenters. The van der Waals surface area contributed by atoms with Gasteiger partial charge in [0.1, 0.15) is 0 Å². The number of hydrogen-bond acceptors (Lipinski definition) is 3. The minimum Gasteiger partial charge on any atom is -0.330 e. The van der Waals surface area contributed by atoms with Crippen LogP contribution in [0.1, 0.15) is 12.8 Å². The van der Waals surface area contributed by atoms with Crippen LogP contribution in [0.3, 0.4) is 0 Å². The van der Waals surface area contributed by atoms with Crippen LogP contribution in [0.25, 0.3) is 0 Å². The molecular weight excluding hydrogens is 262 g/mol. The van der Waals surface area contributed by atoms with Gasteiger partial charge in [-0.3, -0.25) is 9.69 Å². The molecule has 19 heavy (non-hydrogen) atoms. The van der Waals surface area contributed by atoms with E-state index in [4.69, 9.17) is 17.3 Å². The second kappa shape index (κ2) is 6.89. The molecule has 1 amide bonds. The summed E-state index contributed by atoms with van der Waals surface area (Å²) in [6.45, 7) is 3.11. The van der Waals surface area contributed by atoms with E-state index in [1.807, 2.05) is 0 Å². The number of nitrogens with two attached hydrogens (primary N) is 1. The summed E-state index contributed by atoms with van der Waals surface area (Å²) in [4.78, 5) is 14.1. The van der Waals surface area contributed by atoms with Crippen LogP contribution in [-0.2, 0) is 4.79 Å². The third kappa shape index (κ3) is 4.49. The lowest BCUT2D eigenvalue weighted by molar-refractivity contribution is -0.117. The zero-order chi connectivity index (χ0) is 13.7. The normalized spacial score (nSPS) is 17.4. The molecule has 0 aliphatic carbocycles. The highest BCUT2D eigenvalue weighted by Gasteiger charge is 2.19. The molecule has 0 aromatic heterocycles. The Morgan fingerprint density at radius 1 is 1.32 bits per heavy atom. The standard InChI is InChI=1S/C14H20ClN3O/c15-12-1-3-13(4-2-12)17-14(19)10-18-7-5-11(9-16)6-8-18/h1-4,11H,5-10,16H2,(H,17,19). The molecule has 2 rings (SSSR count). The predicted molar refractivity (Wildman–Crippen MR) is 78.3 cm³/mol. The molecule has 1 aromatic rings. The van der Waals surface area contributed by atoms with E-state index in [1.54, 1.807) is 24.3 Å². The summed E-state index contributed by atoms with van der Waals surface area (Å²) in [5.74, 6) is 0.643. The second-order valence-corrected chi connectivity index (χ2v) is 5.45. The first-order valence-corrected chi connectivity index (χ1v) is 7.03. The fourth-order valence-electron chi connectivity index (χ4n) is 2.32. The van der Waals surface area contributed by atoms with Crippen molar-refractivity contribution in [3.8, 4) is 0 Å². The van der Waals surface area contributed by atoms with Crippen molar-refractivity contribution in [1.82, 2.24) is 4.90 Å². The highest BCUT2D eigenvalue weighted by molar-refractivity contribution is 6.30. The predicted octanol–water partition coefficient (Wildman–Crippen LogP) is 1.95. The molecule has 5 heteroatoms. The third-order valence-electron chi connectivity index (χ3n) is 3.54. The smallest absolute Gasteiger partial charge is 0.238 e. The van der Waals surface area contributed by atoms with Gasteiger partial charge in [0.05, 0.1) is 6.54 Å². The first-order chi connectivity index (χ1) is 9.17. The topological polar surface area (TPSA) is 58.4 Å². The van der Waals surface area contributed by atoms with Gasteiger partial charge in [-0.2, -0.15) is 0 Å². The number of halogens is 1. The fraction of sp³-hybridized carbons (Fsp3) is 0.500. The fourth-order valence-corrected chi connectivity index (χ4v) is 2.44. The molecule has 1 aliphatic heterocycles. The number of rotatable bonds is 4. The van der Waals surface area contributed by atoms with Gasteiger partial charge < -0.3 is 11.1 Å². The maximum Gasteiger partial charge on any atom is 0.238 e. The molecular formula is C14H20ClN3O. The van der Waals surface area contributed by atoms with E-state index in [2.05, 4.69) is 10.2 Å². The molecule has 0 saturated carbocycles. The van der Waals surface area contributed by atoms with Crippen LogP contribution in [0.15, 0.2) is 24.3 Å². The van der Waals surface area contributed by atoms with Crippen LogP contribution in [0.5, 0.6) is 0 Å². The summed E-state index contributed by atoms with van der Waals surface area (Å²) in [6, 6.07) is 7.15. The second-order valence-electron chi connectivity index (χ2n) is 5.01. The number of carbonyl (C=O) groups is 1. The quantitative estimate of drug-likeness (QED) is 0.887. The van der Waals surface area contributed by atoms with Crippen molar-refractivity contribution in [3.63, 3.8) is 0 Å². The molecule has 0 atom stereocenters. The van der Waals surface area contributed by atoms with Gasteiger partial charge >= 0.3 is 0 Å². The van der Waals surface area contributed by atoms with Crippen LogP contribution in [0.4, 0.5) is 5.69 Å². The molecule has 1 heterocycles. The van der Waals surface area contributed by atoms with Gasteiger partial charge in [0, 0.05) is 10.7 Å². The zero-order valence-corrected chi connectivity index (χ0v) is 11.7. The van der Waals surface area contributed by atoms with E-state index in [1.165, 1.54) is 0 Å². The third-order valence-corrected chi connectivity index (χ3v) is 3.79. The Morgan fingerprint density at radius 2 is 1.95 bits per heavy atom. The summed E-state index contributed by atoms with van der Waals surface area (Å²) < 4.78 is 0. The van der Waals surface area contributed by atoms with Crippen molar-refractivity contribution in [2.45, 2.75) is 12.8 Å². The van der Waals surface area contributed by atoms with Gasteiger partial charge in [-0.25, -0.2) is 0 Å². The minimum absolute atomic E-state index is 0.0218. The van der Waals surface area contributed by atoms with Crippen molar-refractivity contribution in [2.75, 3.05) is 31.5 Å². The Morgan fingerprint density at radius 3 is 2.53 bits per heavy atom. The van der Waals surface area contributed by atoms with Crippen LogP contribution in [-0.4, -0.2) is 37.0 Å². The van der Waals surface area contributed by atoms with E-state index >= 15 is 0 Å². The maximum atomic E-state index is 11.9. The molecule has 0 spiro atoms. The highest BCUT2D eigenvalue weighted by atomic mass is 35.5. The molecule has 1 saturated heterocycles. The summed E-state index contributed by atoms with van der Waals surface area (Å²) >= 11 is 5.80. The number of carbonyl (C=O) groups excluding carboxylic acids is 1. The lowest BCUT2D eigenvalue weighted by atomic mass is 9.97. The Labute approximate surface area is 118 Å². The summed E-state index contributed by atoms with van der Waals surface area (Å²) in [7, 11) is 0. The SMILES string of the molecule is NCC1CCN(CC(=O)Nc2ccc(Cl)cc2)CC1. The maximum absolute atomic E-state index is 11.9. The van der Waals surface area contributed by atoms with Crippen molar-refractivity contribution in [3.05, 3.63) is 29.3 Å². The average molecular weight is 282 g/mol. The van der Waals surface area contributed by atoms with E-state index in [-0.39, 0.29) is 5.91 Å². The van der Waals surface area contributed by atoms with Gasteiger partial charge in [-0.1, -0.05) is 11.6 Å². The van der Waals surface area contributed by atoms with Crippen LogP contribution in [0.2, 0.25) is 5.02 Å². The molecule has 4 nitrogen and oxygen atoms in total. The Balaban J connectivity index is 1.77. The van der Waals surface area contributed by atoms with Gasteiger partial charge in [-0.15, -0.1) is 0 Å². The number of amides is 1. The zero-order valence-electron chi connectivity index (χ0n) is 10.9. The summed E-state index contributed by atoms with van der Waals surface area (Å²) in [6.07, 6.45) is 2.18. The van der Waals surface area contributed by atoms with Crippen molar-refractivity contribution in [2.24, 2.45) is 11.7 Å². The van der Waals surface area contributed by atoms with Crippen molar-refractivity contribution >= 4 is 23.2 Å². The van der Waals surface area contributed by atoms with Gasteiger partial charge in [-0.05, 0) is 62.7 Å². The molecule has 3 N–H and O–H groups in total. The van der Waals surface area contributed by atoms with Crippen LogP contribution in [0, 0.1) is 5.92 Å². The average Bonchev–Trinajstić information content (AvgIpc) is 2.42. The van der Waals surface area contributed by atoms with Crippen LogP contribution < -0.4 is 11.1 Å². The molecule has 1 aromatic carbocycles.